The molecule has 26 heavy (non-hydrogen) atoms. The lowest BCUT2D eigenvalue weighted by atomic mass is 10.2. The van der Waals surface area contributed by atoms with Crippen LogP contribution in [0.5, 0.6) is 5.75 Å². The Labute approximate surface area is 149 Å². The smallest absolute Gasteiger partial charge is 0.261 e. The average Bonchev–Trinajstić information content (AvgIpc) is 2.63. The van der Waals surface area contributed by atoms with Crippen LogP contribution >= 0.6 is 0 Å². The molecule has 0 saturated carbocycles. The fraction of sp³-hybridized carbons (Fsp3) is 0.211. The first-order valence-corrected chi connectivity index (χ1v) is 8.15. The monoisotopic (exact) mass is 355 g/mol. The van der Waals surface area contributed by atoms with Gasteiger partial charge in [-0.2, -0.15) is 0 Å². The number of amides is 1. The number of nitrogens with zero attached hydrogens (tertiary/aromatic N) is 2. The van der Waals surface area contributed by atoms with Crippen LogP contribution in [0.4, 0.5) is 4.39 Å². The van der Waals surface area contributed by atoms with Crippen LogP contribution in [-0.2, 0) is 11.3 Å². The third kappa shape index (κ3) is 4.05. The van der Waals surface area contributed by atoms with E-state index in [-0.39, 0.29) is 36.4 Å². The Kier molecular flexibility index (Phi) is 5.26. The van der Waals surface area contributed by atoms with Gasteiger partial charge in [-0.3, -0.25) is 14.2 Å². The molecule has 0 aliphatic carbocycles. The fourth-order valence-corrected chi connectivity index (χ4v) is 2.51. The Bertz CT molecular complexity index is 987. The van der Waals surface area contributed by atoms with E-state index in [1.54, 1.807) is 43.3 Å². The van der Waals surface area contributed by atoms with Crippen molar-refractivity contribution in [2.45, 2.75) is 19.5 Å². The number of fused-ring (bicyclic) bond motifs is 1. The first-order valence-electron chi connectivity index (χ1n) is 8.15. The van der Waals surface area contributed by atoms with Gasteiger partial charge in [0.2, 0.25) is 5.91 Å². The average molecular weight is 355 g/mol. The van der Waals surface area contributed by atoms with Crippen molar-refractivity contribution in [2.24, 2.45) is 0 Å². The zero-order chi connectivity index (χ0) is 18.5. The van der Waals surface area contributed by atoms with E-state index in [1.165, 1.54) is 23.0 Å². The molecule has 0 unspecified atom stereocenters. The van der Waals surface area contributed by atoms with E-state index in [2.05, 4.69) is 10.3 Å². The van der Waals surface area contributed by atoms with Crippen LogP contribution in [0.2, 0.25) is 0 Å². The molecule has 2 aromatic carbocycles. The first-order chi connectivity index (χ1) is 12.5. The summed E-state index contributed by atoms with van der Waals surface area (Å²) in [6, 6.07) is 12.7. The number of halogens is 1. The molecule has 0 aliphatic rings. The molecule has 1 atom stereocenters. The first kappa shape index (κ1) is 17.6. The molecular formula is C19H18FN3O3. The summed E-state index contributed by atoms with van der Waals surface area (Å²) in [7, 11) is 0. The van der Waals surface area contributed by atoms with Crippen molar-refractivity contribution in [1.82, 2.24) is 14.9 Å². The van der Waals surface area contributed by atoms with Crippen molar-refractivity contribution in [1.29, 1.82) is 0 Å². The van der Waals surface area contributed by atoms with Gasteiger partial charge in [0, 0.05) is 0 Å². The zero-order valence-electron chi connectivity index (χ0n) is 14.2. The Morgan fingerprint density at radius 2 is 1.96 bits per heavy atom. The van der Waals surface area contributed by atoms with Crippen LogP contribution in [0, 0.1) is 5.82 Å². The molecule has 3 aromatic rings. The Morgan fingerprint density at radius 3 is 2.77 bits per heavy atom. The normalized spacial score (nSPS) is 11.9. The van der Waals surface area contributed by atoms with E-state index in [1.807, 2.05) is 0 Å². The molecule has 6 nitrogen and oxygen atoms in total. The van der Waals surface area contributed by atoms with Crippen LogP contribution in [0.25, 0.3) is 10.9 Å². The van der Waals surface area contributed by atoms with Crippen molar-refractivity contribution in [3.8, 4) is 5.75 Å². The predicted octanol–water partition coefficient (Wildman–Crippen LogP) is 2.12. The number of aromatic nitrogens is 2. The Morgan fingerprint density at radius 1 is 1.23 bits per heavy atom. The van der Waals surface area contributed by atoms with Gasteiger partial charge in [0.15, 0.2) is 11.6 Å². The molecule has 0 bridgehead atoms. The van der Waals surface area contributed by atoms with Gasteiger partial charge in [0.05, 0.1) is 23.3 Å². The van der Waals surface area contributed by atoms with Gasteiger partial charge in [-0.15, -0.1) is 0 Å². The SMILES string of the molecule is C[C@@H](COc1ccccc1F)NC(=O)Cn1cnc2ccccc2c1=O. The van der Waals surface area contributed by atoms with Crippen LogP contribution in [0.3, 0.4) is 0 Å². The minimum atomic E-state index is -0.459. The van der Waals surface area contributed by atoms with Gasteiger partial charge in [-0.05, 0) is 31.2 Å². The van der Waals surface area contributed by atoms with Crippen molar-refractivity contribution in [2.75, 3.05) is 6.61 Å². The van der Waals surface area contributed by atoms with Crippen LogP contribution in [0.1, 0.15) is 6.92 Å². The standard InChI is InChI=1S/C19H18FN3O3/c1-13(11-26-17-9-5-3-7-15(17)20)22-18(24)10-23-12-21-16-8-4-2-6-14(16)19(23)25/h2-9,12-13H,10-11H2,1H3,(H,22,24)/t13-/m0/s1. The summed E-state index contributed by atoms with van der Waals surface area (Å²) >= 11 is 0. The molecule has 1 heterocycles. The molecule has 0 saturated heterocycles. The van der Waals surface area contributed by atoms with E-state index < -0.39 is 5.82 Å². The van der Waals surface area contributed by atoms with Gasteiger partial charge in [0.25, 0.3) is 5.56 Å². The predicted molar refractivity (Wildman–Crippen MR) is 95.5 cm³/mol. The quantitative estimate of drug-likeness (QED) is 0.735. The summed E-state index contributed by atoms with van der Waals surface area (Å²) in [4.78, 5) is 28.7. The maximum absolute atomic E-state index is 13.5. The van der Waals surface area contributed by atoms with Crippen LogP contribution in [-0.4, -0.2) is 28.1 Å². The van der Waals surface area contributed by atoms with E-state index >= 15 is 0 Å². The highest BCUT2D eigenvalue weighted by molar-refractivity contribution is 5.79. The number of carbonyl (C=O) groups excluding carboxylic acids is 1. The highest BCUT2D eigenvalue weighted by Crippen LogP contribution is 2.15. The van der Waals surface area contributed by atoms with Crippen LogP contribution in [0.15, 0.2) is 59.7 Å². The minimum absolute atomic E-state index is 0.109. The second-order valence-electron chi connectivity index (χ2n) is 5.90. The lowest BCUT2D eigenvalue weighted by Crippen LogP contribution is -2.40. The lowest BCUT2D eigenvalue weighted by molar-refractivity contribution is -0.122. The van der Waals surface area contributed by atoms with E-state index in [4.69, 9.17) is 4.74 Å². The summed E-state index contributed by atoms with van der Waals surface area (Å²) in [6.07, 6.45) is 1.35. The summed E-state index contributed by atoms with van der Waals surface area (Å²) in [5, 5.41) is 3.18. The van der Waals surface area contributed by atoms with Crippen LogP contribution < -0.4 is 15.6 Å². The maximum Gasteiger partial charge on any atom is 0.261 e. The highest BCUT2D eigenvalue weighted by Gasteiger charge is 2.12. The summed E-state index contributed by atoms with van der Waals surface area (Å²) in [5.41, 5.74) is 0.307. The molecule has 1 N–H and O–H groups in total. The Hall–Kier alpha value is -3.22. The highest BCUT2D eigenvalue weighted by atomic mass is 19.1. The van der Waals surface area contributed by atoms with Crippen molar-refractivity contribution >= 4 is 16.8 Å². The van der Waals surface area contributed by atoms with Gasteiger partial charge in [-0.25, -0.2) is 9.37 Å². The number of carbonyl (C=O) groups is 1. The molecule has 0 aliphatic heterocycles. The zero-order valence-corrected chi connectivity index (χ0v) is 14.2. The number of hydrogen-bond acceptors (Lipinski definition) is 4. The molecule has 0 fully saturated rings. The molecule has 7 heteroatoms. The largest absolute Gasteiger partial charge is 0.488 e. The lowest BCUT2D eigenvalue weighted by Gasteiger charge is -2.16. The third-order valence-corrected chi connectivity index (χ3v) is 3.78. The van der Waals surface area contributed by atoms with E-state index in [0.29, 0.717) is 10.9 Å². The summed E-state index contributed by atoms with van der Waals surface area (Å²) < 4.78 is 20.1. The van der Waals surface area contributed by atoms with E-state index in [9.17, 15) is 14.0 Å². The Balaban J connectivity index is 1.59. The molecule has 1 amide bonds. The topological polar surface area (TPSA) is 73.2 Å². The van der Waals surface area contributed by atoms with Gasteiger partial charge in [-0.1, -0.05) is 24.3 Å². The second kappa shape index (κ2) is 7.77. The number of hydrogen-bond donors (Lipinski definition) is 1. The molecule has 0 spiro atoms. The minimum Gasteiger partial charge on any atom is -0.488 e. The summed E-state index contributed by atoms with van der Waals surface area (Å²) in [6.45, 7) is 1.69. The number of ether oxygens (including phenoxy) is 1. The molecule has 0 radical (unpaired) electrons. The number of nitrogens with one attached hydrogen (secondary N) is 1. The van der Waals surface area contributed by atoms with Crippen molar-refractivity contribution in [3.63, 3.8) is 0 Å². The van der Waals surface area contributed by atoms with Gasteiger partial charge >= 0.3 is 0 Å². The van der Waals surface area contributed by atoms with Gasteiger partial charge in [0.1, 0.15) is 13.2 Å². The number of para-hydroxylation sites is 2. The molecule has 1 aromatic heterocycles. The van der Waals surface area contributed by atoms with Crippen molar-refractivity contribution < 1.29 is 13.9 Å². The maximum atomic E-state index is 13.5. The number of rotatable bonds is 6. The van der Waals surface area contributed by atoms with E-state index in [0.717, 1.165) is 0 Å². The molecule has 3 rings (SSSR count). The number of benzene rings is 2. The fourth-order valence-electron chi connectivity index (χ4n) is 2.51. The van der Waals surface area contributed by atoms with Gasteiger partial charge < -0.3 is 10.1 Å². The third-order valence-electron chi connectivity index (χ3n) is 3.78. The molecule has 134 valence electrons. The second-order valence-corrected chi connectivity index (χ2v) is 5.90. The molecular weight excluding hydrogens is 337 g/mol. The van der Waals surface area contributed by atoms with Crippen molar-refractivity contribution in [3.05, 3.63) is 71.0 Å². The summed E-state index contributed by atoms with van der Waals surface area (Å²) in [5.74, 6) is -0.683.